The molecule has 1 amide bonds. The molecule has 0 aliphatic carbocycles. The molecule has 0 heterocycles. The minimum Gasteiger partial charge on any atom is -0.481 e. The summed E-state index contributed by atoms with van der Waals surface area (Å²) in [5, 5.41) is 12.0. The van der Waals surface area contributed by atoms with E-state index in [9.17, 15) is 14.7 Å². The smallest absolute Gasteiger partial charge is 0.305 e. The minimum absolute atomic E-state index is 0.193. The van der Waals surface area contributed by atoms with Crippen LogP contribution in [0.1, 0.15) is 30.5 Å². The number of carbonyl (C=O) groups excluding carboxylic acids is 1. The van der Waals surface area contributed by atoms with Crippen molar-refractivity contribution in [2.45, 2.75) is 37.3 Å². The first-order valence-corrected chi connectivity index (χ1v) is 9.51. The Morgan fingerprint density at radius 2 is 1.73 bits per heavy atom. The molecule has 0 saturated heterocycles. The van der Waals surface area contributed by atoms with Crippen molar-refractivity contribution in [2.75, 3.05) is 6.26 Å². The Bertz CT molecular complexity index is 743. The molecule has 2 rings (SSSR count). The number of aryl methyl sites for hydroxylation is 1. The molecule has 0 bridgehead atoms. The average Bonchev–Trinajstić information content (AvgIpc) is 2.62. The molecule has 0 aliphatic rings. The first-order chi connectivity index (χ1) is 12.4. The Balaban J connectivity index is 2.06. The van der Waals surface area contributed by atoms with Crippen molar-refractivity contribution in [3.63, 3.8) is 0 Å². The van der Waals surface area contributed by atoms with Crippen LogP contribution < -0.4 is 10.1 Å². The molecular formula is C20H23NO4S. The number of carbonyl (C=O) groups is 2. The first kappa shape index (κ1) is 19.8. The molecule has 0 radical (unpaired) electrons. The van der Waals surface area contributed by atoms with Gasteiger partial charge in [-0.15, -0.1) is 11.8 Å². The van der Waals surface area contributed by atoms with Crippen LogP contribution in [0.3, 0.4) is 0 Å². The lowest BCUT2D eigenvalue weighted by atomic mass is 10.0. The highest BCUT2D eigenvalue weighted by Gasteiger charge is 2.22. The van der Waals surface area contributed by atoms with E-state index in [1.165, 1.54) is 0 Å². The summed E-state index contributed by atoms with van der Waals surface area (Å²) in [7, 11) is 0. The molecule has 0 aliphatic heterocycles. The van der Waals surface area contributed by atoms with Gasteiger partial charge in [0, 0.05) is 4.90 Å². The fourth-order valence-electron chi connectivity index (χ4n) is 2.43. The van der Waals surface area contributed by atoms with Crippen molar-refractivity contribution in [2.24, 2.45) is 0 Å². The molecule has 2 unspecified atom stereocenters. The predicted octanol–water partition coefficient (Wildman–Crippen LogP) is 3.82. The normalized spacial score (nSPS) is 12.9. The Labute approximate surface area is 157 Å². The maximum absolute atomic E-state index is 12.5. The van der Waals surface area contributed by atoms with Crippen molar-refractivity contribution >= 4 is 23.6 Å². The van der Waals surface area contributed by atoms with Gasteiger partial charge in [0.05, 0.1) is 12.5 Å². The topological polar surface area (TPSA) is 75.6 Å². The SMILES string of the molecule is CSc1ccc(C(CC(=O)O)NC(=O)C(C)Oc2ccc(C)cc2)cc1. The molecule has 2 atom stereocenters. The third kappa shape index (κ3) is 5.81. The van der Waals surface area contributed by atoms with Gasteiger partial charge in [-0.1, -0.05) is 29.8 Å². The zero-order valence-electron chi connectivity index (χ0n) is 15.1. The molecule has 0 fully saturated rings. The first-order valence-electron chi connectivity index (χ1n) is 8.28. The van der Waals surface area contributed by atoms with Gasteiger partial charge < -0.3 is 15.2 Å². The summed E-state index contributed by atoms with van der Waals surface area (Å²) in [6.45, 7) is 3.61. The molecule has 0 aromatic heterocycles. The molecule has 26 heavy (non-hydrogen) atoms. The lowest BCUT2D eigenvalue weighted by Crippen LogP contribution is -2.39. The minimum atomic E-state index is -0.976. The number of aliphatic carboxylic acids is 1. The van der Waals surface area contributed by atoms with Crippen LogP contribution in [0, 0.1) is 6.92 Å². The summed E-state index contributed by atoms with van der Waals surface area (Å²) in [5.41, 5.74) is 1.85. The number of thioether (sulfide) groups is 1. The number of amides is 1. The lowest BCUT2D eigenvalue weighted by molar-refractivity contribution is -0.138. The predicted molar refractivity (Wildman–Crippen MR) is 103 cm³/mol. The number of rotatable bonds is 8. The Morgan fingerprint density at radius 1 is 1.12 bits per heavy atom. The lowest BCUT2D eigenvalue weighted by Gasteiger charge is -2.21. The van der Waals surface area contributed by atoms with E-state index in [4.69, 9.17) is 4.74 Å². The van der Waals surface area contributed by atoms with E-state index < -0.39 is 18.1 Å². The second kappa shape index (κ2) is 9.29. The van der Waals surface area contributed by atoms with Crippen LogP contribution in [0.25, 0.3) is 0 Å². The molecule has 2 aromatic rings. The standard InChI is InChI=1S/C20H23NO4S/c1-13-4-8-16(9-5-13)25-14(2)20(24)21-18(12-19(22)23)15-6-10-17(26-3)11-7-15/h4-11,14,18H,12H2,1-3H3,(H,21,24)(H,22,23). The van der Waals surface area contributed by atoms with Gasteiger partial charge in [0.1, 0.15) is 5.75 Å². The molecule has 2 aromatic carbocycles. The van der Waals surface area contributed by atoms with Gasteiger partial charge >= 0.3 is 5.97 Å². The van der Waals surface area contributed by atoms with Crippen LogP contribution in [-0.2, 0) is 9.59 Å². The van der Waals surface area contributed by atoms with Gasteiger partial charge in [0.15, 0.2) is 6.10 Å². The van der Waals surface area contributed by atoms with E-state index in [0.29, 0.717) is 5.75 Å². The number of nitrogens with one attached hydrogen (secondary N) is 1. The summed E-state index contributed by atoms with van der Waals surface area (Å²) in [4.78, 5) is 24.7. The number of hydrogen-bond donors (Lipinski definition) is 2. The van der Waals surface area contributed by atoms with Crippen LogP contribution in [0.15, 0.2) is 53.4 Å². The fraction of sp³-hybridized carbons (Fsp3) is 0.300. The van der Waals surface area contributed by atoms with Gasteiger partial charge in [0.25, 0.3) is 5.91 Å². The Hall–Kier alpha value is -2.47. The molecular weight excluding hydrogens is 350 g/mol. The van der Waals surface area contributed by atoms with Crippen molar-refractivity contribution in [3.8, 4) is 5.75 Å². The van der Waals surface area contributed by atoms with Crippen LogP contribution in [0.5, 0.6) is 5.75 Å². The summed E-state index contributed by atoms with van der Waals surface area (Å²) in [6, 6.07) is 14.3. The van der Waals surface area contributed by atoms with E-state index in [0.717, 1.165) is 16.0 Å². The van der Waals surface area contributed by atoms with E-state index in [1.807, 2.05) is 49.6 Å². The maximum atomic E-state index is 12.5. The van der Waals surface area contributed by atoms with Crippen molar-refractivity contribution in [1.82, 2.24) is 5.32 Å². The number of carboxylic acid groups (broad SMARTS) is 1. The summed E-state index contributed by atoms with van der Waals surface area (Å²) >= 11 is 1.60. The van der Waals surface area contributed by atoms with Crippen molar-refractivity contribution in [1.29, 1.82) is 0 Å². The zero-order valence-corrected chi connectivity index (χ0v) is 15.9. The van der Waals surface area contributed by atoms with E-state index in [1.54, 1.807) is 30.8 Å². The second-order valence-corrected chi connectivity index (χ2v) is 6.88. The van der Waals surface area contributed by atoms with Crippen molar-refractivity contribution in [3.05, 3.63) is 59.7 Å². The van der Waals surface area contributed by atoms with Gasteiger partial charge in [-0.05, 0) is 49.9 Å². The second-order valence-electron chi connectivity index (χ2n) is 6.01. The van der Waals surface area contributed by atoms with E-state index in [-0.39, 0.29) is 12.3 Å². The number of carboxylic acids is 1. The highest BCUT2D eigenvalue weighted by Crippen LogP contribution is 2.22. The van der Waals surface area contributed by atoms with E-state index >= 15 is 0 Å². The summed E-state index contributed by atoms with van der Waals surface area (Å²) in [6.07, 6.45) is 1.04. The highest BCUT2D eigenvalue weighted by atomic mass is 32.2. The third-order valence-corrected chi connectivity index (χ3v) is 4.66. The van der Waals surface area contributed by atoms with Crippen LogP contribution in [0.4, 0.5) is 0 Å². The number of hydrogen-bond acceptors (Lipinski definition) is 4. The van der Waals surface area contributed by atoms with Gasteiger partial charge in [-0.25, -0.2) is 0 Å². The van der Waals surface area contributed by atoms with Crippen molar-refractivity contribution < 1.29 is 19.4 Å². The molecule has 6 heteroatoms. The number of ether oxygens (including phenoxy) is 1. The van der Waals surface area contributed by atoms with Crippen LogP contribution >= 0.6 is 11.8 Å². The third-order valence-electron chi connectivity index (χ3n) is 3.92. The Morgan fingerprint density at radius 3 is 2.27 bits per heavy atom. The van der Waals surface area contributed by atoms with Crippen LogP contribution in [0.2, 0.25) is 0 Å². The zero-order chi connectivity index (χ0) is 19.1. The molecule has 2 N–H and O–H groups in total. The maximum Gasteiger partial charge on any atom is 0.305 e. The van der Waals surface area contributed by atoms with Gasteiger partial charge in [0.2, 0.25) is 0 Å². The number of benzene rings is 2. The molecule has 0 spiro atoms. The van der Waals surface area contributed by atoms with Gasteiger partial charge in [-0.3, -0.25) is 9.59 Å². The van der Waals surface area contributed by atoms with Gasteiger partial charge in [-0.2, -0.15) is 0 Å². The molecule has 0 saturated carbocycles. The summed E-state index contributed by atoms with van der Waals surface area (Å²) < 4.78 is 5.65. The fourth-order valence-corrected chi connectivity index (χ4v) is 2.83. The quantitative estimate of drug-likeness (QED) is 0.688. The molecule has 5 nitrogen and oxygen atoms in total. The van der Waals surface area contributed by atoms with Crippen LogP contribution in [-0.4, -0.2) is 29.3 Å². The average molecular weight is 373 g/mol. The summed E-state index contributed by atoms with van der Waals surface area (Å²) in [5.74, 6) is -0.737. The highest BCUT2D eigenvalue weighted by molar-refractivity contribution is 7.98. The van der Waals surface area contributed by atoms with E-state index in [2.05, 4.69) is 5.32 Å². The largest absolute Gasteiger partial charge is 0.481 e. The monoisotopic (exact) mass is 373 g/mol. The molecule has 138 valence electrons. The Kier molecular flexibility index (Phi) is 7.09.